The van der Waals surface area contributed by atoms with Crippen LogP contribution in [-0.4, -0.2) is 21.0 Å². The van der Waals surface area contributed by atoms with E-state index in [1.165, 1.54) is 5.56 Å². The SMILES string of the molecule is COc1ccc(CNCc2cc(Br)c(OCc3ccc4c(c3)OCO4)c(OC)c2)cc1.Cl. The third-order valence-corrected chi connectivity index (χ3v) is 5.52. The van der Waals surface area contributed by atoms with Crippen molar-refractivity contribution in [3.8, 4) is 28.7 Å². The molecule has 0 aliphatic carbocycles. The normalized spacial score (nSPS) is 11.6. The number of rotatable bonds is 9. The van der Waals surface area contributed by atoms with Gasteiger partial charge < -0.3 is 29.0 Å². The third-order valence-electron chi connectivity index (χ3n) is 4.93. The minimum atomic E-state index is 0. The summed E-state index contributed by atoms with van der Waals surface area (Å²) in [6, 6.07) is 17.8. The number of methoxy groups -OCH3 is 2. The molecule has 1 N–H and O–H groups in total. The van der Waals surface area contributed by atoms with E-state index in [-0.39, 0.29) is 19.2 Å². The molecule has 0 fully saturated rings. The summed E-state index contributed by atoms with van der Waals surface area (Å²) in [6.45, 7) is 2.10. The van der Waals surface area contributed by atoms with E-state index < -0.39 is 0 Å². The molecule has 0 spiro atoms. The van der Waals surface area contributed by atoms with Crippen LogP contribution in [0.4, 0.5) is 0 Å². The quantitative estimate of drug-likeness (QED) is 0.401. The van der Waals surface area contributed by atoms with Gasteiger partial charge in [-0.2, -0.15) is 0 Å². The second-order valence-electron chi connectivity index (χ2n) is 7.04. The minimum absolute atomic E-state index is 0. The Morgan fingerprint density at radius 3 is 2.31 bits per heavy atom. The van der Waals surface area contributed by atoms with Crippen molar-refractivity contribution in [3.05, 3.63) is 75.8 Å². The predicted octanol–water partition coefficient (Wildman–Crippen LogP) is 5.49. The molecule has 170 valence electrons. The van der Waals surface area contributed by atoms with Crippen molar-refractivity contribution in [1.29, 1.82) is 0 Å². The van der Waals surface area contributed by atoms with Crippen LogP contribution in [0.3, 0.4) is 0 Å². The van der Waals surface area contributed by atoms with Gasteiger partial charge in [-0.25, -0.2) is 0 Å². The largest absolute Gasteiger partial charge is 0.497 e. The number of fused-ring (bicyclic) bond motifs is 1. The lowest BCUT2D eigenvalue weighted by Gasteiger charge is -2.15. The molecule has 3 aromatic carbocycles. The Morgan fingerprint density at radius 1 is 0.844 bits per heavy atom. The third kappa shape index (κ3) is 5.79. The number of benzene rings is 3. The topological polar surface area (TPSA) is 58.2 Å². The molecule has 0 unspecified atom stereocenters. The first-order valence-electron chi connectivity index (χ1n) is 9.87. The van der Waals surface area contributed by atoms with E-state index in [4.69, 9.17) is 23.7 Å². The van der Waals surface area contributed by atoms with Crippen molar-refractivity contribution >= 4 is 28.3 Å². The van der Waals surface area contributed by atoms with Gasteiger partial charge in [-0.3, -0.25) is 0 Å². The van der Waals surface area contributed by atoms with Gasteiger partial charge in [0.1, 0.15) is 12.4 Å². The lowest BCUT2D eigenvalue weighted by molar-refractivity contribution is 0.174. The molecule has 6 nitrogen and oxygen atoms in total. The molecule has 32 heavy (non-hydrogen) atoms. The maximum Gasteiger partial charge on any atom is 0.231 e. The first-order valence-corrected chi connectivity index (χ1v) is 10.7. The smallest absolute Gasteiger partial charge is 0.231 e. The van der Waals surface area contributed by atoms with Gasteiger partial charge >= 0.3 is 0 Å². The van der Waals surface area contributed by atoms with Crippen LogP contribution in [0.5, 0.6) is 28.7 Å². The molecule has 0 radical (unpaired) electrons. The number of halogens is 2. The number of hydrogen-bond donors (Lipinski definition) is 1. The van der Waals surface area contributed by atoms with Crippen LogP contribution in [0.15, 0.2) is 59.1 Å². The highest BCUT2D eigenvalue weighted by Gasteiger charge is 2.15. The highest BCUT2D eigenvalue weighted by atomic mass is 79.9. The fourth-order valence-electron chi connectivity index (χ4n) is 3.30. The van der Waals surface area contributed by atoms with Gasteiger partial charge in [0.15, 0.2) is 23.0 Å². The van der Waals surface area contributed by atoms with Crippen LogP contribution in [0.2, 0.25) is 0 Å². The molecule has 0 atom stereocenters. The predicted molar refractivity (Wildman–Crippen MR) is 128 cm³/mol. The highest BCUT2D eigenvalue weighted by Crippen LogP contribution is 2.38. The van der Waals surface area contributed by atoms with Crippen LogP contribution >= 0.6 is 28.3 Å². The Balaban J connectivity index is 0.00000289. The molecule has 1 aliphatic rings. The molecule has 0 saturated carbocycles. The summed E-state index contributed by atoms with van der Waals surface area (Å²) < 4.78 is 28.5. The summed E-state index contributed by atoms with van der Waals surface area (Å²) >= 11 is 3.62. The number of hydrogen-bond acceptors (Lipinski definition) is 6. The Labute approximate surface area is 202 Å². The molecule has 0 saturated heterocycles. The minimum Gasteiger partial charge on any atom is -0.497 e. The van der Waals surface area contributed by atoms with Crippen LogP contribution in [0.25, 0.3) is 0 Å². The van der Waals surface area contributed by atoms with E-state index in [1.54, 1.807) is 14.2 Å². The average Bonchev–Trinajstić information content (AvgIpc) is 3.26. The summed E-state index contributed by atoms with van der Waals surface area (Å²) in [5.74, 6) is 3.70. The van der Waals surface area contributed by atoms with Gasteiger partial charge in [-0.1, -0.05) is 18.2 Å². The van der Waals surface area contributed by atoms with E-state index in [9.17, 15) is 0 Å². The van der Waals surface area contributed by atoms with Crippen molar-refractivity contribution in [2.45, 2.75) is 19.7 Å². The summed E-state index contributed by atoms with van der Waals surface area (Å²) in [5.41, 5.74) is 3.27. The molecule has 0 aromatic heterocycles. The maximum atomic E-state index is 6.05. The zero-order valence-electron chi connectivity index (χ0n) is 17.9. The maximum absolute atomic E-state index is 6.05. The van der Waals surface area contributed by atoms with E-state index in [1.807, 2.05) is 42.5 Å². The lowest BCUT2D eigenvalue weighted by atomic mass is 10.1. The summed E-state index contributed by atoms with van der Waals surface area (Å²) in [5, 5.41) is 3.45. The molecule has 1 aliphatic heterocycles. The molecule has 8 heteroatoms. The van der Waals surface area contributed by atoms with E-state index in [0.29, 0.717) is 24.7 Å². The van der Waals surface area contributed by atoms with Gasteiger partial charge in [0, 0.05) is 13.1 Å². The summed E-state index contributed by atoms with van der Waals surface area (Å²) in [6.07, 6.45) is 0. The van der Waals surface area contributed by atoms with Crippen molar-refractivity contribution in [2.75, 3.05) is 21.0 Å². The van der Waals surface area contributed by atoms with Crippen LogP contribution < -0.4 is 29.0 Å². The van der Waals surface area contributed by atoms with Gasteiger partial charge in [0.2, 0.25) is 6.79 Å². The van der Waals surface area contributed by atoms with E-state index >= 15 is 0 Å². The van der Waals surface area contributed by atoms with Gasteiger partial charge in [0.05, 0.1) is 18.7 Å². The fourth-order valence-corrected chi connectivity index (χ4v) is 3.90. The van der Waals surface area contributed by atoms with Crippen molar-refractivity contribution in [3.63, 3.8) is 0 Å². The Bertz CT molecular complexity index is 1050. The van der Waals surface area contributed by atoms with Crippen molar-refractivity contribution < 1.29 is 23.7 Å². The second-order valence-corrected chi connectivity index (χ2v) is 7.89. The Hall–Kier alpha value is -2.61. The Kier molecular flexibility index (Phi) is 8.50. The van der Waals surface area contributed by atoms with Crippen molar-refractivity contribution in [2.24, 2.45) is 0 Å². The molecule has 3 aromatic rings. The molecular formula is C24H25BrClNO5. The molecule has 0 amide bonds. The lowest BCUT2D eigenvalue weighted by Crippen LogP contribution is -2.13. The number of ether oxygens (including phenoxy) is 5. The summed E-state index contributed by atoms with van der Waals surface area (Å²) in [4.78, 5) is 0. The molecule has 4 rings (SSSR count). The monoisotopic (exact) mass is 521 g/mol. The van der Waals surface area contributed by atoms with Gasteiger partial charge in [0.25, 0.3) is 0 Å². The Morgan fingerprint density at radius 2 is 1.56 bits per heavy atom. The van der Waals surface area contributed by atoms with E-state index in [0.717, 1.165) is 39.4 Å². The van der Waals surface area contributed by atoms with Crippen LogP contribution in [-0.2, 0) is 19.7 Å². The van der Waals surface area contributed by atoms with Crippen molar-refractivity contribution in [1.82, 2.24) is 5.32 Å². The average molecular weight is 523 g/mol. The zero-order valence-corrected chi connectivity index (χ0v) is 20.3. The van der Waals surface area contributed by atoms with Gasteiger partial charge in [-0.05, 0) is 69.0 Å². The summed E-state index contributed by atoms with van der Waals surface area (Å²) in [7, 11) is 3.31. The standard InChI is InChI=1S/C24H24BrNO5.ClH/c1-27-19-6-3-16(4-7-19)12-26-13-18-9-20(25)24(23(11-18)28-2)29-14-17-5-8-21-22(10-17)31-15-30-21;/h3-11,26H,12-15H2,1-2H3;1H. The molecule has 0 bridgehead atoms. The van der Waals surface area contributed by atoms with Crippen LogP contribution in [0.1, 0.15) is 16.7 Å². The molecular weight excluding hydrogens is 498 g/mol. The number of nitrogens with one attached hydrogen (secondary N) is 1. The fraction of sp³-hybridized carbons (Fsp3) is 0.250. The van der Waals surface area contributed by atoms with E-state index in [2.05, 4.69) is 33.4 Å². The first-order chi connectivity index (χ1) is 15.2. The first kappa shape index (κ1) is 24.0. The highest BCUT2D eigenvalue weighted by molar-refractivity contribution is 9.10. The zero-order chi connectivity index (χ0) is 21.6. The second kappa shape index (κ2) is 11.3. The van der Waals surface area contributed by atoms with Gasteiger partial charge in [-0.15, -0.1) is 12.4 Å². The van der Waals surface area contributed by atoms with Crippen LogP contribution in [0, 0.1) is 0 Å². The molecule has 1 heterocycles.